The Morgan fingerprint density at radius 2 is 1.64 bits per heavy atom. The Balaban J connectivity index is 1.43. The lowest BCUT2D eigenvalue weighted by Gasteiger charge is -2.39. The van der Waals surface area contributed by atoms with Crippen molar-refractivity contribution in [2.45, 2.75) is 6.04 Å². The van der Waals surface area contributed by atoms with Gasteiger partial charge in [0.2, 0.25) is 0 Å². The van der Waals surface area contributed by atoms with E-state index in [2.05, 4.69) is 39.4 Å². The maximum absolute atomic E-state index is 12.5. The third kappa shape index (κ3) is 4.23. The van der Waals surface area contributed by atoms with Crippen molar-refractivity contribution in [3.63, 3.8) is 0 Å². The first-order valence-corrected chi connectivity index (χ1v) is 9.57. The lowest BCUT2D eigenvalue weighted by molar-refractivity contribution is 0.0495. The number of aromatic nitrogens is 2. The minimum Gasteiger partial charge on any atom is -0.492 e. The number of H-pyrrole nitrogens is 1. The summed E-state index contributed by atoms with van der Waals surface area (Å²) in [5, 5.41) is 6.63. The van der Waals surface area contributed by atoms with Crippen molar-refractivity contribution in [2.24, 2.45) is 0 Å². The number of piperazine rings is 1. The van der Waals surface area contributed by atoms with E-state index in [0.29, 0.717) is 25.4 Å². The molecule has 0 radical (unpaired) electrons. The van der Waals surface area contributed by atoms with Gasteiger partial charge in [0.25, 0.3) is 5.91 Å². The smallest absolute Gasteiger partial charge is 0.271 e. The van der Waals surface area contributed by atoms with Gasteiger partial charge in [0, 0.05) is 32.4 Å². The summed E-state index contributed by atoms with van der Waals surface area (Å²) >= 11 is 0. The Labute approximate surface area is 164 Å². The third-order valence-corrected chi connectivity index (χ3v) is 5.11. The van der Waals surface area contributed by atoms with Crippen LogP contribution in [0.3, 0.4) is 0 Å². The predicted molar refractivity (Wildman–Crippen MR) is 107 cm³/mol. The first-order chi connectivity index (χ1) is 13.8. The Bertz CT molecular complexity index is 860. The summed E-state index contributed by atoms with van der Waals surface area (Å²) in [4.78, 5) is 16.8. The molecule has 1 aliphatic rings. The van der Waals surface area contributed by atoms with Gasteiger partial charge < -0.3 is 9.64 Å². The van der Waals surface area contributed by atoms with Gasteiger partial charge in [0.05, 0.1) is 6.04 Å². The van der Waals surface area contributed by atoms with Gasteiger partial charge in [0.1, 0.15) is 18.1 Å². The number of ether oxygens (including phenoxy) is 1. The van der Waals surface area contributed by atoms with Crippen molar-refractivity contribution in [2.75, 3.05) is 32.8 Å². The lowest BCUT2D eigenvalue weighted by Crippen LogP contribution is -2.50. The van der Waals surface area contributed by atoms with Gasteiger partial charge in [-0.05, 0) is 23.8 Å². The van der Waals surface area contributed by atoms with Crippen molar-refractivity contribution in [3.05, 3.63) is 84.2 Å². The second-order valence-corrected chi connectivity index (χ2v) is 6.85. The normalized spacial score (nSPS) is 15.9. The fourth-order valence-electron chi connectivity index (χ4n) is 3.56. The number of para-hydroxylation sites is 1. The summed E-state index contributed by atoms with van der Waals surface area (Å²) in [6, 6.07) is 22.2. The molecule has 0 bridgehead atoms. The second kappa shape index (κ2) is 8.71. The summed E-state index contributed by atoms with van der Waals surface area (Å²) in [5.41, 5.74) is 1.77. The number of nitrogens with zero attached hydrogens (tertiary/aromatic N) is 3. The molecule has 6 nitrogen and oxygen atoms in total. The number of hydrogen-bond donors (Lipinski definition) is 1. The minimum atomic E-state index is 0.00828. The van der Waals surface area contributed by atoms with Crippen molar-refractivity contribution in [1.29, 1.82) is 0 Å². The Morgan fingerprint density at radius 1 is 0.964 bits per heavy atom. The van der Waals surface area contributed by atoms with Crippen LogP contribution in [0.1, 0.15) is 22.1 Å². The van der Waals surface area contributed by atoms with Crippen LogP contribution in [0.5, 0.6) is 5.75 Å². The summed E-state index contributed by atoms with van der Waals surface area (Å²) in [6.07, 6.45) is 1.61. The molecule has 0 spiro atoms. The molecule has 1 atom stereocenters. The molecule has 1 aliphatic heterocycles. The van der Waals surface area contributed by atoms with E-state index in [1.807, 2.05) is 41.3 Å². The maximum Gasteiger partial charge on any atom is 0.271 e. The van der Waals surface area contributed by atoms with E-state index < -0.39 is 0 Å². The van der Waals surface area contributed by atoms with E-state index >= 15 is 0 Å². The number of benzene rings is 2. The molecule has 4 rings (SSSR count). The highest BCUT2D eigenvalue weighted by atomic mass is 16.5. The molecule has 1 unspecified atom stereocenters. The van der Waals surface area contributed by atoms with Gasteiger partial charge in [-0.25, -0.2) is 0 Å². The lowest BCUT2D eigenvalue weighted by atomic mass is 10.0. The van der Waals surface area contributed by atoms with E-state index in [1.54, 1.807) is 12.3 Å². The zero-order valence-corrected chi connectivity index (χ0v) is 15.7. The van der Waals surface area contributed by atoms with Gasteiger partial charge in [-0.1, -0.05) is 48.5 Å². The summed E-state index contributed by atoms with van der Waals surface area (Å²) < 4.78 is 6.07. The van der Waals surface area contributed by atoms with Gasteiger partial charge in [-0.3, -0.25) is 14.8 Å². The molecule has 0 saturated carbocycles. The molecule has 1 amide bonds. The van der Waals surface area contributed by atoms with Gasteiger partial charge in [0.15, 0.2) is 0 Å². The van der Waals surface area contributed by atoms with Crippen LogP contribution in [-0.2, 0) is 0 Å². The highest BCUT2D eigenvalue weighted by Gasteiger charge is 2.28. The van der Waals surface area contributed by atoms with Gasteiger partial charge in [-0.15, -0.1) is 0 Å². The Morgan fingerprint density at radius 3 is 2.29 bits per heavy atom. The van der Waals surface area contributed by atoms with Gasteiger partial charge >= 0.3 is 0 Å². The molecule has 2 heterocycles. The highest BCUT2D eigenvalue weighted by Crippen LogP contribution is 2.24. The molecule has 1 fully saturated rings. The van der Waals surface area contributed by atoms with Crippen molar-refractivity contribution >= 4 is 5.91 Å². The number of carbonyl (C=O) groups is 1. The molecule has 6 heteroatoms. The monoisotopic (exact) mass is 376 g/mol. The van der Waals surface area contributed by atoms with Crippen LogP contribution in [0.2, 0.25) is 0 Å². The molecule has 1 aromatic heterocycles. The average Bonchev–Trinajstić information content (AvgIpc) is 3.30. The SMILES string of the molecule is O=C(c1ccn[nH]1)N1CCN(C(COc2ccccc2)c2ccccc2)CC1. The summed E-state index contributed by atoms with van der Waals surface area (Å²) in [5.74, 6) is 0.880. The third-order valence-electron chi connectivity index (χ3n) is 5.11. The molecule has 28 heavy (non-hydrogen) atoms. The Hall–Kier alpha value is -3.12. The van der Waals surface area contributed by atoms with E-state index in [1.165, 1.54) is 5.56 Å². The first kappa shape index (κ1) is 18.3. The molecule has 2 aromatic carbocycles. The Kier molecular flexibility index (Phi) is 5.68. The number of hydrogen-bond acceptors (Lipinski definition) is 4. The summed E-state index contributed by atoms with van der Waals surface area (Å²) in [7, 11) is 0. The van der Waals surface area contributed by atoms with Crippen LogP contribution in [0.25, 0.3) is 0 Å². The zero-order chi connectivity index (χ0) is 19.2. The molecule has 0 aliphatic carbocycles. The predicted octanol–water partition coefficient (Wildman–Crippen LogP) is 2.99. The highest BCUT2D eigenvalue weighted by molar-refractivity contribution is 5.92. The number of carbonyl (C=O) groups excluding carboxylic acids is 1. The molecule has 144 valence electrons. The first-order valence-electron chi connectivity index (χ1n) is 9.57. The van der Waals surface area contributed by atoms with Gasteiger partial charge in [-0.2, -0.15) is 5.10 Å². The van der Waals surface area contributed by atoms with Crippen LogP contribution in [0.15, 0.2) is 72.9 Å². The number of aromatic amines is 1. The van der Waals surface area contributed by atoms with Crippen LogP contribution >= 0.6 is 0 Å². The zero-order valence-electron chi connectivity index (χ0n) is 15.7. The second-order valence-electron chi connectivity index (χ2n) is 6.85. The molecular formula is C22H24N4O2. The van der Waals surface area contributed by atoms with E-state index in [4.69, 9.17) is 4.74 Å². The fourth-order valence-corrected chi connectivity index (χ4v) is 3.56. The number of rotatable bonds is 6. The maximum atomic E-state index is 12.5. The average molecular weight is 376 g/mol. The molecular weight excluding hydrogens is 352 g/mol. The quantitative estimate of drug-likeness (QED) is 0.718. The standard InChI is InChI=1S/C22H24N4O2/c27-22(20-11-12-23-24-20)26-15-13-25(14-16-26)21(18-7-3-1-4-8-18)17-28-19-9-5-2-6-10-19/h1-12,21H,13-17H2,(H,23,24). The largest absolute Gasteiger partial charge is 0.492 e. The number of amides is 1. The van der Waals surface area contributed by atoms with Crippen molar-refractivity contribution < 1.29 is 9.53 Å². The van der Waals surface area contributed by atoms with Crippen molar-refractivity contribution in [1.82, 2.24) is 20.0 Å². The fraction of sp³-hybridized carbons (Fsp3) is 0.273. The minimum absolute atomic E-state index is 0.00828. The van der Waals surface area contributed by atoms with Crippen LogP contribution in [0, 0.1) is 0 Å². The molecule has 3 aromatic rings. The number of nitrogens with one attached hydrogen (secondary N) is 1. The molecule has 1 N–H and O–H groups in total. The van der Waals surface area contributed by atoms with Crippen LogP contribution in [0.4, 0.5) is 0 Å². The summed E-state index contributed by atoms with van der Waals surface area (Å²) in [6.45, 7) is 3.55. The van der Waals surface area contributed by atoms with E-state index in [0.717, 1.165) is 18.8 Å². The van der Waals surface area contributed by atoms with E-state index in [9.17, 15) is 4.79 Å². The van der Waals surface area contributed by atoms with Crippen LogP contribution < -0.4 is 4.74 Å². The van der Waals surface area contributed by atoms with Crippen molar-refractivity contribution in [3.8, 4) is 5.75 Å². The topological polar surface area (TPSA) is 61.5 Å². The van der Waals surface area contributed by atoms with Crippen LogP contribution in [-0.4, -0.2) is 58.7 Å². The molecule has 1 saturated heterocycles. The van der Waals surface area contributed by atoms with E-state index in [-0.39, 0.29) is 11.9 Å².